The molecule has 2 heterocycles. The predicted molar refractivity (Wildman–Crippen MR) is 112 cm³/mol. The Bertz CT molecular complexity index is 1050. The summed E-state index contributed by atoms with van der Waals surface area (Å²) in [6.07, 6.45) is 0.522. The van der Waals surface area contributed by atoms with Gasteiger partial charge in [0.1, 0.15) is 5.82 Å². The number of hydrogen-bond donors (Lipinski definition) is 1. The van der Waals surface area contributed by atoms with E-state index >= 15 is 0 Å². The monoisotopic (exact) mass is 422 g/mol. The Kier molecular flexibility index (Phi) is 5.72. The number of halogens is 1. The van der Waals surface area contributed by atoms with E-state index in [2.05, 4.69) is 5.32 Å². The molecule has 0 spiro atoms. The van der Waals surface area contributed by atoms with E-state index in [0.717, 1.165) is 10.4 Å². The number of carbonyl (C=O) groups is 3. The molecule has 3 amide bonds. The Balaban J connectivity index is 1.37. The summed E-state index contributed by atoms with van der Waals surface area (Å²) in [7, 11) is 0. The van der Waals surface area contributed by atoms with Gasteiger partial charge >= 0.3 is 0 Å². The minimum atomic E-state index is -0.377. The molecule has 152 valence electrons. The maximum absolute atomic E-state index is 13.3. The van der Waals surface area contributed by atoms with Crippen LogP contribution >= 0.6 is 11.3 Å². The molecule has 30 heavy (non-hydrogen) atoms. The van der Waals surface area contributed by atoms with Crippen molar-refractivity contribution in [3.05, 3.63) is 93.4 Å². The highest BCUT2D eigenvalue weighted by Crippen LogP contribution is 2.27. The van der Waals surface area contributed by atoms with Crippen molar-refractivity contribution >= 4 is 29.1 Å². The molecule has 0 fully saturated rings. The third-order valence-corrected chi connectivity index (χ3v) is 5.94. The van der Waals surface area contributed by atoms with Gasteiger partial charge in [-0.3, -0.25) is 19.3 Å². The minimum absolute atomic E-state index is 0.163. The fourth-order valence-corrected chi connectivity index (χ4v) is 4.31. The first-order valence-electron chi connectivity index (χ1n) is 9.58. The number of rotatable bonds is 7. The van der Waals surface area contributed by atoms with Crippen LogP contribution in [0.2, 0.25) is 0 Å². The number of amides is 3. The first-order chi connectivity index (χ1) is 14.5. The van der Waals surface area contributed by atoms with Crippen molar-refractivity contribution in [2.24, 2.45) is 0 Å². The van der Waals surface area contributed by atoms with Crippen molar-refractivity contribution in [2.75, 3.05) is 6.54 Å². The van der Waals surface area contributed by atoms with Crippen LogP contribution in [0, 0.1) is 5.82 Å². The van der Waals surface area contributed by atoms with Crippen LogP contribution in [0.5, 0.6) is 0 Å². The van der Waals surface area contributed by atoms with E-state index in [-0.39, 0.29) is 42.5 Å². The highest BCUT2D eigenvalue weighted by molar-refractivity contribution is 7.10. The summed E-state index contributed by atoms with van der Waals surface area (Å²) < 4.78 is 13.3. The Labute approximate surface area is 177 Å². The molecule has 7 heteroatoms. The number of nitrogens with one attached hydrogen (secondary N) is 1. The van der Waals surface area contributed by atoms with Crippen LogP contribution in [-0.2, 0) is 4.79 Å². The molecule has 1 aliphatic rings. The van der Waals surface area contributed by atoms with Gasteiger partial charge in [-0.1, -0.05) is 30.3 Å². The van der Waals surface area contributed by atoms with Gasteiger partial charge in [-0.05, 0) is 47.7 Å². The molecule has 1 N–H and O–H groups in total. The molecule has 3 aromatic rings. The minimum Gasteiger partial charge on any atom is -0.344 e. The molecule has 0 saturated carbocycles. The van der Waals surface area contributed by atoms with Crippen LogP contribution in [0.25, 0.3) is 0 Å². The van der Waals surface area contributed by atoms with Crippen LogP contribution in [0.3, 0.4) is 0 Å². The smallest absolute Gasteiger partial charge is 0.261 e. The lowest BCUT2D eigenvalue weighted by atomic mass is 10.0. The van der Waals surface area contributed by atoms with Crippen molar-refractivity contribution in [1.29, 1.82) is 0 Å². The van der Waals surface area contributed by atoms with Crippen molar-refractivity contribution in [2.45, 2.75) is 18.9 Å². The van der Waals surface area contributed by atoms with Gasteiger partial charge in [0, 0.05) is 17.8 Å². The van der Waals surface area contributed by atoms with Crippen molar-refractivity contribution < 1.29 is 18.8 Å². The predicted octanol–water partition coefficient (Wildman–Crippen LogP) is 4.17. The lowest BCUT2D eigenvalue weighted by molar-refractivity contribution is -0.121. The maximum atomic E-state index is 13.3. The largest absolute Gasteiger partial charge is 0.344 e. The molecule has 1 aromatic heterocycles. The van der Waals surface area contributed by atoms with Crippen molar-refractivity contribution in [3.63, 3.8) is 0 Å². The molecule has 1 unspecified atom stereocenters. The molecule has 0 bridgehead atoms. The number of hydrogen-bond acceptors (Lipinski definition) is 4. The zero-order chi connectivity index (χ0) is 21.1. The standard InChI is InChI=1S/C23H19FN2O3S/c24-16-11-9-15(10-12-16)21(19-7-4-14-30-19)25-20(27)8-3-13-26-22(28)17-5-1-2-6-18(17)23(26)29/h1-2,4-7,9-12,14,21H,3,8,13H2,(H,25,27). The van der Waals surface area contributed by atoms with Gasteiger partial charge in [0.2, 0.25) is 5.91 Å². The van der Waals surface area contributed by atoms with Crippen LogP contribution < -0.4 is 5.32 Å². The van der Waals surface area contributed by atoms with Gasteiger partial charge in [-0.2, -0.15) is 0 Å². The van der Waals surface area contributed by atoms with Gasteiger partial charge in [0.25, 0.3) is 11.8 Å². The van der Waals surface area contributed by atoms with E-state index in [0.29, 0.717) is 17.5 Å². The average molecular weight is 422 g/mol. The topological polar surface area (TPSA) is 66.5 Å². The van der Waals surface area contributed by atoms with E-state index in [4.69, 9.17) is 0 Å². The SMILES string of the molecule is O=C(CCCN1C(=O)c2ccccc2C1=O)NC(c1ccc(F)cc1)c1cccs1. The van der Waals surface area contributed by atoms with Crippen LogP contribution in [0.1, 0.15) is 50.0 Å². The summed E-state index contributed by atoms with van der Waals surface area (Å²) in [5.41, 5.74) is 1.59. The molecule has 1 aliphatic heterocycles. The Morgan fingerprint density at radius 1 is 0.967 bits per heavy atom. The summed E-state index contributed by atoms with van der Waals surface area (Å²) in [5.74, 6) is -1.18. The van der Waals surface area contributed by atoms with Crippen LogP contribution in [-0.4, -0.2) is 29.2 Å². The number of benzene rings is 2. The van der Waals surface area contributed by atoms with E-state index in [1.807, 2.05) is 17.5 Å². The molecule has 0 saturated heterocycles. The van der Waals surface area contributed by atoms with E-state index < -0.39 is 0 Å². The van der Waals surface area contributed by atoms with Gasteiger partial charge in [-0.15, -0.1) is 11.3 Å². The van der Waals surface area contributed by atoms with Crippen molar-refractivity contribution in [1.82, 2.24) is 10.2 Å². The highest BCUT2D eigenvalue weighted by Gasteiger charge is 2.34. The number of thiophene rings is 1. The lowest BCUT2D eigenvalue weighted by Gasteiger charge is -2.19. The fraction of sp³-hybridized carbons (Fsp3) is 0.174. The van der Waals surface area contributed by atoms with Gasteiger partial charge in [-0.25, -0.2) is 4.39 Å². The molecule has 5 nitrogen and oxygen atoms in total. The van der Waals surface area contributed by atoms with Gasteiger partial charge in [0.15, 0.2) is 0 Å². The molecule has 1 atom stereocenters. The van der Waals surface area contributed by atoms with Crippen LogP contribution in [0.4, 0.5) is 4.39 Å². The summed E-state index contributed by atoms with van der Waals surface area (Å²) in [6, 6.07) is 16.2. The molecule has 2 aromatic carbocycles. The van der Waals surface area contributed by atoms with Crippen LogP contribution in [0.15, 0.2) is 66.0 Å². The number of imide groups is 1. The molecule has 0 aliphatic carbocycles. The zero-order valence-corrected chi connectivity index (χ0v) is 16.8. The second kappa shape index (κ2) is 8.59. The Hall–Kier alpha value is -3.32. The average Bonchev–Trinajstić information content (AvgIpc) is 3.36. The van der Waals surface area contributed by atoms with E-state index in [1.165, 1.54) is 28.4 Å². The first kappa shape index (κ1) is 20.0. The highest BCUT2D eigenvalue weighted by atomic mass is 32.1. The van der Waals surface area contributed by atoms with Gasteiger partial charge in [0.05, 0.1) is 17.2 Å². The lowest BCUT2D eigenvalue weighted by Crippen LogP contribution is -2.33. The second-order valence-corrected chi connectivity index (χ2v) is 7.96. The molecular weight excluding hydrogens is 403 g/mol. The Morgan fingerprint density at radius 2 is 1.63 bits per heavy atom. The number of nitrogens with zero attached hydrogens (tertiary/aromatic N) is 1. The fourth-order valence-electron chi connectivity index (χ4n) is 3.50. The third-order valence-electron chi connectivity index (χ3n) is 5.00. The summed E-state index contributed by atoms with van der Waals surface area (Å²) in [6.45, 7) is 0.181. The summed E-state index contributed by atoms with van der Waals surface area (Å²) in [5, 5.41) is 4.90. The number of carbonyl (C=O) groups excluding carboxylic acids is 3. The van der Waals surface area contributed by atoms with E-state index in [1.54, 1.807) is 36.4 Å². The Morgan fingerprint density at radius 3 is 2.23 bits per heavy atom. The summed E-state index contributed by atoms with van der Waals surface area (Å²) in [4.78, 5) is 39.5. The molecule has 4 rings (SSSR count). The summed E-state index contributed by atoms with van der Waals surface area (Å²) >= 11 is 1.50. The van der Waals surface area contributed by atoms with Gasteiger partial charge < -0.3 is 5.32 Å². The number of fused-ring (bicyclic) bond motifs is 1. The molecular formula is C23H19FN2O3S. The first-order valence-corrected chi connectivity index (χ1v) is 10.5. The maximum Gasteiger partial charge on any atom is 0.261 e. The van der Waals surface area contributed by atoms with E-state index in [9.17, 15) is 18.8 Å². The molecule has 0 radical (unpaired) electrons. The normalized spacial score (nSPS) is 14.0. The second-order valence-electron chi connectivity index (χ2n) is 6.98. The quantitative estimate of drug-likeness (QED) is 0.581. The zero-order valence-electron chi connectivity index (χ0n) is 16.0. The van der Waals surface area contributed by atoms with Crippen molar-refractivity contribution in [3.8, 4) is 0 Å². The third kappa shape index (κ3) is 4.02.